The van der Waals surface area contributed by atoms with Crippen LogP contribution in [-0.4, -0.2) is 40.3 Å². The fourth-order valence-electron chi connectivity index (χ4n) is 3.03. The van der Waals surface area contributed by atoms with Crippen LogP contribution >= 0.6 is 12.4 Å². The molecule has 3 rings (SSSR count). The van der Waals surface area contributed by atoms with Crippen LogP contribution in [-0.2, 0) is 0 Å². The number of aromatic nitrogens is 1. The number of pyridine rings is 1. The van der Waals surface area contributed by atoms with Crippen molar-refractivity contribution in [3.63, 3.8) is 0 Å². The van der Waals surface area contributed by atoms with Crippen molar-refractivity contribution in [1.82, 2.24) is 15.2 Å². The van der Waals surface area contributed by atoms with E-state index in [9.17, 15) is 14.9 Å². The van der Waals surface area contributed by atoms with Crippen LogP contribution in [0.15, 0.2) is 42.7 Å². The Bertz CT molecular complexity index is 770. The number of hydrogen-bond acceptors (Lipinski definition) is 5. The van der Waals surface area contributed by atoms with E-state index in [1.165, 1.54) is 6.07 Å². The molecule has 7 nitrogen and oxygen atoms in total. The van der Waals surface area contributed by atoms with Crippen molar-refractivity contribution in [1.29, 1.82) is 0 Å². The van der Waals surface area contributed by atoms with Gasteiger partial charge in [0.2, 0.25) is 0 Å². The van der Waals surface area contributed by atoms with Gasteiger partial charge in [-0.1, -0.05) is 12.1 Å². The summed E-state index contributed by atoms with van der Waals surface area (Å²) in [7, 11) is 0. The SMILES string of the molecule is Cc1c(C(=O)N2CCNCC2c2cccnc2)cccc1[N+](=O)[O-].Cl. The van der Waals surface area contributed by atoms with Crippen molar-refractivity contribution in [2.24, 2.45) is 0 Å². The maximum Gasteiger partial charge on any atom is 0.273 e. The summed E-state index contributed by atoms with van der Waals surface area (Å²) in [4.78, 5) is 29.6. The minimum atomic E-state index is -0.456. The summed E-state index contributed by atoms with van der Waals surface area (Å²) in [6, 6.07) is 8.25. The molecular formula is C17H19ClN4O3. The zero-order chi connectivity index (χ0) is 17.1. The highest BCUT2D eigenvalue weighted by Gasteiger charge is 2.30. The predicted octanol–water partition coefficient (Wildman–Crippen LogP) is 2.51. The van der Waals surface area contributed by atoms with Crippen molar-refractivity contribution < 1.29 is 9.72 Å². The molecule has 0 radical (unpaired) electrons. The van der Waals surface area contributed by atoms with Gasteiger partial charge in [0.15, 0.2) is 0 Å². The molecule has 1 saturated heterocycles. The minimum absolute atomic E-state index is 0. The van der Waals surface area contributed by atoms with Crippen LogP contribution in [0.5, 0.6) is 0 Å². The lowest BCUT2D eigenvalue weighted by molar-refractivity contribution is -0.385. The molecule has 1 aromatic carbocycles. The molecule has 1 aliphatic rings. The minimum Gasteiger partial charge on any atom is -0.329 e. The number of amides is 1. The average Bonchev–Trinajstić information content (AvgIpc) is 2.62. The van der Waals surface area contributed by atoms with Gasteiger partial charge in [0.25, 0.3) is 11.6 Å². The highest BCUT2D eigenvalue weighted by Crippen LogP contribution is 2.27. The van der Waals surface area contributed by atoms with E-state index in [-0.39, 0.29) is 30.0 Å². The van der Waals surface area contributed by atoms with Crippen molar-refractivity contribution in [3.05, 3.63) is 69.5 Å². The van der Waals surface area contributed by atoms with Gasteiger partial charge in [0.1, 0.15) is 0 Å². The lowest BCUT2D eigenvalue weighted by Gasteiger charge is -2.36. The number of nitrogens with zero attached hydrogens (tertiary/aromatic N) is 3. The zero-order valence-corrected chi connectivity index (χ0v) is 14.5. The molecule has 25 heavy (non-hydrogen) atoms. The first-order valence-electron chi connectivity index (χ1n) is 7.75. The Morgan fingerprint density at radius 2 is 2.16 bits per heavy atom. The highest BCUT2D eigenvalue weighted by molar-refractivity contribution is 5.97. The first kappa shape index (κ1) is 18.8. The topological polar surface area (TPSA) is 88.4 Å². The lowest BCUT2D eigenvalue weighted by Crippen LogP contribution is -2.48. The van der Waals surface area contributed by atoms with Gasteiger partial charge in [0, 0.05) is 49.2 Å². The average molecular weight is 363 g/mol. The summed E-state index contributed by atoms with van der Waals surface area (Å²) < 4.78 is 0. The van der Waals surface area contributed by atoms with Crippen LogP contribution in [0.1, 0.15) is 27.5 Å². The lowest BCUT2D eigenvalue weighted by atomic mass is 10.0. The molecule has 1 unspecified atom stereocenters. The molecule has 0 aliphatic carbocycles. The number of halogens is 1. The maximum atomic E-state index is 13.0. The molecule has 1 amide bonds. The van der Waals surface area contributed by atoms with Crippen LogP contribution in [0.3, 0.4) is 0 Å². The van der Waals surface area contributed by atoms with Crippen molar-refractivity contribution in [2.45, 2.75) is 13.0 Å². The van der Waals surface area contributed by atoms with E-state index in [0.717, 1.165) is 5.56 Å². The number of nitro benzene ring substituents is 1. The number of piperazine rings is 1. The summed E-state index contributed by atoms with van der Waals surface area (Å²) in [5.41, 5.74) is 1.69. The van der Waals surface area contributed by atoms with Crippen LogP contribution < -0.4 is 5.32 Å². The summed E-state index contributed by atoms with van der Waals surface area (Å²) in [5, 5.41) is 14.4. The summed E-state index contributed by atoms with van der Waals surface area (Å²) in [6.07, 6.45) is 3.44. The summed E-state index contributed by atoms with van der Waals surface area (Å²) >= 11 is 0. The Morgan fingerprint density at radius 3 is 2.84 bits per heavy atom. The van der Waals surface area contributed by atoms with Gasteiger partial charge in [-0.25, -0.2) is 0 Å². The number of rotatable bonds is 3. The summed E-state index contributed by atoms with van der Waals surface area (Å²) in [6.45, 7) is 3.48. The molecule has 1 aromatic heterocycles. The number of nitro groups is 1. The van der Waals surface area contributed by atoms with E-state index in [4.69, 9.17) is 0 Å². The van der Waals surface area contributed by atoms with Crippen molar-refractivity contribution >= 4 is 24.0 Å². The van der Waals surface area contributed by atoms with E-state index >= 15 is 0 Å². The smallest absolute Gasteiger partial charge is 0.273 e. The monoisotopic (exact) mass is 362 g/mol. The molecule has 0 bridgehead atoms. The molecule has 1 atom stereocenters. The highest BCUT2D eigenvalue weighted by atomic mass is 35.5. The Balaban J connectivity index is 0.00000225. The summed E-state index contributed by atoms with van der Waals surface area (Å²) in [5.74, 6) is -0.188. The normalized spacial score (nSPS) is 16.8. The van der Waals surface area contributed by atoms with Crippen LogP contribution in [0.4, 0.5) is 5.69 Å². The third-order valence-corrected chi connectivity index (χ3v) is 4.31. The second kappa shape index (κ2) is 8.04. The van der Waals surface area contributed by atoms with Gasteiger partial charge >= 0.3 is 0 Å². The van der Waals surface area contributed by atoms with Gasteiger partial charge in [-0.2, -0.15) is 0 Å². The molecule has 8 heteroatoms. The maximum absolute atomic E-state index is 13.0. The van der Waals surface area contributed by atoms with E-state index < -0.39 is 4.92 Å². The number of hydrogen-bond donors (Lipinski definition) is 1. The standard InChI is InChI=1S/C17H18N4O3.ClH/c1-12-14(5-2-6-15(12)21(23)24)17(22)20-9-8-19-11-16(20)13-4-3-7-18-10-13;/h2-7,10,16,19H,8-9,11H2,1H3;1H. The van der Waals surface area contributed by atoms with E-state index in [1.807, 2.05) is 12.1 Å². The fourth-order valence-corrected chi connectivity index (χ4v) is 3.03. The number of benzene rings is 1. The zero-order valence-electron chi connectivity index (χ0n) is 13.7. The van der Waals surface area contributed by atoms with E-state index in [0.29, 0.717) is 30.8 Å². The molecule has 132 valence electrons. The second-order valence-electron chi connectivity index (χ2n) is 5.71. The number of carbonyl (C=O) groups excluding carboxylic acids is 1. The molecule has 2 aromatic rings. The third kappa shape index (κ3) is 3.78. The largest absolute Gasteiger partial charge is 0.329 e. The molecule has 0 saturated carbocycles. The number of nitrogens with one attached hydrogen (secondary N) is 1. The van der Waals surface area contributed by atoms with E-state index in [1.54, 1.807) is 36.4 Å². The second-order valence-corrected chi connectivity index (χ2v) is 5.71. The molecule has 0 spiro atoms. The molecule has 1 N–H and O–H groups in total. The van der Waals surface area contributed by atoms with Gasteiger partial charge < -0.3 is 10.2 Å². The van der Waals surface area contributed by atoms with Gasteiger partial charge in [-0.05, 0) is 24.6 Å². The number of carbonyl (C=O) groups is 1. The molecule has 1 fully saturated rings. The van der Waals surface area contributed by atoms with Crippen LogP contribution in [0.25, 0.3) is 0 Å². The first-order chi connectivity index (χ1) is 11.6. The molecular weight excluding hydrogens is 344 g/mol. The van der Waals surface area contributed by atoms with Crippen LogP contribution in [0, 0.1) is 17.0 Å². The van der Waals surface area contributed by atoms with Gasteiger partial charge in [0.05, 0.1) is 11.0 Å². The third-order valence-electron chi connectivity index (χ3n) is 4.31. The molecule has 2 heterocycles. The van der Waals surface area contributed by atoms with Crippen molar-refractivity contribution in [3.8, 4) is 0 Å². The Hall–Kier alpha value is -2.51. The van der Waals surface area contributed by atoms with Gasteiger partial charge in [-0.3, -0.25) is 19.9 Å². The van der Waals surface area contributed by atoms with Gasteiger partial charge in [-0.15, -0.1) is 12.4 Å². The Morgan fingerprint density at radius 1 is 1.36 bits per heavy atom. The van der Waals surface area contributed by atoms with Crippen LogP contribution in [0.2, 0.25) is 0 Å². The first-order valence-corrected chi connectivity index (χ1v) is 7.75. The Labute approximate surface area is 151 Å². The fraction of sp³-hybridized carbons (Fsp3) is 0.294. The van der Waals surface area contributed by atoms with E-state index in [2.05, 4.69) is 10.3 Å². The van der Waals surface area contributed by atoms with Crippen molar-refractivity contribution in [2.75, 3.05) is 19.6 Å². The Kier molecular flexibility index (Phi) is 6.06. The quantitative estimate of drug-likeness (QED) is 0.669. The predicted molar refractivity (Wildman–Crippen MR) is 96.0 cm³/mol. The molecule has 1 aliphatic heterocycles.